The van der Waals surface area contributed by atoms with Gasteiger partial charge in [-0.25, -0.2) is 0 Å². The van der Waals surface area contributed by atoms with Crippen LogP contribution in [-0.2, 0) is 4.74 Å². The number of hydrogen-bond donors (Lipinski definition) is 1. The zero-order valence-electron chi connectivity index (χ0n) is 7.61. The topological polar surface area (TPSA) is 35.2 Å². The monoisotopic (exact) mass is 197 g/mol. The van der Waals surface area contributed by atoms with Crippen molar-refractivity contribution in [2.24, 2.45) is 11.7 Å². The Morgan fingerprint density at radius 1 is 1.46 bits per heavy atom. The van der Waals surface area contributed by atoms with E-state index in [4.69, 9.17) is 10.5 Å². The van der Waals surface area contributed by atoms with Gasteiger partial charge in [-0.3, -0.25) is 0 Å². The Hall–Kier alpha value is -0.380. The molecule has 0 saturated carbocycles. The average Bonchev–Trinajstić information content (AvgIpc) is 2.71. The third-order valence-electron chi connectivity index (χ3n) is 2.65. The Kier molecular flexibility index (Phi) is 2.98. The van der Waals surface area contributed by atoms with Crippen LogP contribution in [-0.4, -0.2) is 13.2 Å². The van der Waals surface area contributed by atoms with Crippen molar-refractivity contribution < 1.29 is 4.74 Å². The summed E-state index contributed by atoms with van der Waals surface area (Å²) in [5.74, 6) is 0.618. The average molecular weight is 197 g/mol. The Morgan fingerprint density at radius 2 is 2.23 bits per heavy atom. The van der Waals surface area contributed by atoms with Gasteiger partial charge in [-0.05, 0) is 30.2 Å². The lowest BCUT2D eigenvalue weighted by atomic mass is 9.91. The van der Waals surface area contributed by atoms with Crippen molar-refractivity contribution in [3.63, 3.8) is 0 Å². The van der Waals surface area contributed by atoms with Crippen molar-refractivity contribution >= 4 is 11.3 Å². The first-order valence-corrected chi connectivity index (χ1v) is 5.62. The van der Waals surface area contributed by atoms with Crippen LogP contribution in [0.2, 0.25) is 0 Å². The number of nitrogens with two attached hydrogens (primary N) is 1. The molecule has 2 heterocycles. The summed E-state index contributed by atoms with van der Waals surface area (Å²) in [7, 11) is 0. The zero-order valence-corrected chi connectivity index (χ0v) is 8.43. The zero-order chi connectivity index (χ0) is 9.10. The molecule has 0 bridgehead atoms. The van der Waals surface area contributed by atoms with Crippen LogP contribution < -0.4 is 5.73 Å². The van der Waals surface area contributed by atoms with E-state index in [9.17, 15) is 0 Å². The van der Waals surface area contributed by atoms with Gasteiger partial charge in [-0.15, -0.1) is 11.3 Å². The summed E-state index contributed by atoms with van der Waals surface area (Å²) < 4.78 is 5.32. The minimum absolute atomic E-state index is 0.226. The molecule has 0 unspecified atom stereocenters. The predicted molar refractivity (Wildman–Crippen MR) is 54.8 cm³/mol. The molecule has 1 aliphatic heterocycles. The molecule has 0 radical (unpaired) electrons. The molecule has 1 aromatic rings. The van der Waals surface area contributed by atoms with E-state index in [0.717, 1.165) is 26.1 Å². The first-order chi connectivity index (χ1) is 6.38. The van der Waals surface area contributed by atoms with Crippen LogP contribution in [0.15, 0.2) is 17.5 Å². The summed E-state index contributed by atoms with van der Waals surface area (Å²) in [6.45, 7) is 1.76. The molecule has 1 atom stereocenters. The Morgan fingerprint density at radius 3 is 2.85 bits per heavy atom. The summed E-state index contributed by atoms with van der Waals surface area (Å²) in [6, 6.07) is 4.42. The fourth-order valence-corrected chi connectivity index (χ4v) is 2.61. The van der Waals surface area contributed by atoms with E-state index in [1.165, 1.54) is 4.88 Å². The van der Waals surface area contributed by atoms with E-state index in [0.29, 0.717) is 5.92 Å². The summed E-state index contributed by atoms with van der Waals surface area (Å²) >= 11 is 1.76. The molecule has 3 heteroatoms. The van der Waals surface area contributed by atoms with E-state index in [1.807, 2.05) is 0 Å². The minimum Gasteiger partial charge on any atom is -0.381 e. The van der Waals surface area contributed by atoms with Gasteiger partial charge in [0.05, 0.1) is 0 Å². The number of thiophene rings is 1. The molecule has 2 nitrogen and oxygen atoms in total. The van der Waals surface area contributed by atoms with Crippen molar-refractivity contribution in [3.8, 4) is 0 Å². The van der Waals surface area contributed by atoms with Gasteiger partial charge in [-0.2, -0.15) is 0 Å². The maximum Gasteiger partial charge on any atom is 0.0469 e. The van der Waals surface area contributed by atoms with Gasteiger partial charge in [0.25, 0.3) is 0 Å². The van der Waals surface area contributed by atoms with Gasteiger partial charge in [0, 0.05) is 24.1 Å². The maximum atomic E-state index is 6.17. The molecule has 0 spiro atoms. The van der Waals surface area contributed by atoms with E-state index < -0.39 is 0 Å². The van der Waals surface area contributed by atoms with E-state index in [1.54, 1.807) is 11.3 Å². The fourth-order valence-electron chi connectivity index (χ4n) is 1.79. The van der Waals surface area contributed by atoms with Crippen LogP contribution in [0.5, 0.6) is 0 Å². The summed E-state index contributed by atoms with van der Waals surface area (Å²) in [6.07, 6.45) is 2.22. The SMILES string of the molecule is N[C@@H](c1cccs1)C1CCOCC1. The van der Waals surface area contributed by atoms with Crippen molar-refractivity contribution in [1.29, 1.82) is 0 Å². The van der Waals surface area contributed by atoms with E-state index in [-0.39, 0.29) is 6.04 Å². The molecular weight excluding hydrogens is 182 g/mol. The van der Waals surface area contributed by atoms with Gasteiger partial charge in [0.1, 0.15) is 0 Å². The number of ether oxygens (including phenoxy) is 1. The van der Waals surface area contributed by atoms with Crippen molar-refractivity contribution in [3.05, 3.63) is 22.4 Å². The standard InChI is InChI=1S/C10H15NOS/c11-10(9-2-1-7-13-9)8-3-5-12-6-4-8/h1-2,7-8,10H,3-6,11H2/t10-/m1/s1. The highest BCUT2D eigenvalue weighted by molar-refractivity contribution is 7.10. The lowest BCUT2D eigenvalue weighted by molar-refractivity contribution is 0.0587. The third-order valence-corrected chi connectivity index (χ3v) is 3.62. The second-order valence-electron chi connectivity index (χ2n) is 3.49. The molecule has 0 aromatic carbocycles. The molecule has 72 valence electrons. The maximum absolute atomic E-state index is 6.17. The summed E-state index contributed by atoms with van der Waals surface area (Å²) in [4.78, 5) is 1.31. The summed E-state index contributed by atoms with van der Waals surface area (Å²) in [5.41, 5.74) is 6.17. The van der Waals surface area contributed by atoms with E-state index in [2.05, 4.69) is 17.5 Å². The van der Waals surface area contributed by atoms with Crippen LogP contribution >= 0.6 is 11.3 Å². The van der Waals surface area contributed by atoms with Crippen molar-refractivity contribution in [2.75, 3.05) is 13.2 Å². The number of hydrogen-bond acceptors (Lipinski definition) is 3. The van der Waals surface area contributed by atoms with Gasteiger partial charge >= 0.3 is 0 Å². The quantitative estimate of drug-likeness (QED) is 0.788. The molecule has 1 aliphatic rings. The van der Waals surface area contributed by atoms with Crippen molar-refractivity contribution in [2.45, 2.75) is 18.9 Å². The third kappa shape index (κ3) is 2.10. The Labute approximate surface area is 82.7 Å². The van der Waals surface area contributed by atoms with Crippen LogP contribution in [0.3, 0.4) is 0 Å². The van der Waals surface area contributed by atoms with Gasteiger partial charge < -0.3 is 10.5 Å². The Bertz CT molecular complexity index is 241. The van der Waals surface area contributed by atoms with Crippen LogP contribution in [0.25, 0.3) is 0 Å². The van der Waals surface area contributed by atoms with Gasteiger partial charge in [0.2, 0.25) is 0 Å². The molecule has 2 N–H and O–H groups in total. The molecule has 1 fully saturated rings. The molecular formula is C10H15NOS. The molecule has 2 rings (SSSR count). The van der Waals surface area contributed by atoms with Crippen molar-refractivity contribution in [1.82, 2.24) is 0 Å². The highest BCUT2D eigenvalue weighted by atomic mass is 32.1. The lowest BCUT2D eigenvalue weighted by Gasteiger charge is -2.26. The molecule has 1 saturated heterocycles. The Balaban J connectivity index is 1.99. The minimum atomic E-state index is 0.226. The second-order valence-corrected chi connectivity index (χ2v) is 4.47. The van der Waals surface area contributed by atoms with E-state index >= 15 is 0 Å². The first-order valence-electron chi connectivity index (χ1n) is 4.74. The predicted octanol–water partition coefficient (Wildman–Crippen LogP) is 2.17. The highest BCUT2D eigenvalue weighted by Crippen LogP contribution is 2.30. The fraction of sp³-hybridized carbons (Fsp3) is 0.600. The smallest absolute Gasteiger partial charge is 0.0469 e. The summed E-state index contributed by atoms with van der Waals surface area (Å²) in [5, 5.41) is 2.09. The second kappa shape index (κ2) is 4.22. The lowest BCUT2D eigenvalue weighted by Crippen LogP contribution is -2.26. The van der Waals surface area contributed by atoms with Crippen LogP contribution in [0.4, 0.5) is 0 Å². The van der Waals surface area contributed by atoms with Gasteiger partial charge in [0.15, 0.2) is 0 Å². The van der Waals surface area contributed by atoms with Crippen LogP contribution in [0, 0.1) is 5.92 Å². The molecule has 0 amide bonds. The van der Waals surface area contributed by atoms with Gasteiger partial charge in [-0.1, -0.05) is 6.07 Å². The van der Waals surface area contributed by atoms with Crippen LogP contribution in [0.1, 0.15) is 23.8 Å². The molecule has 0 aliphatic carbocycles. The highest BCUT2D eigenvalue weighted by Gasteiger charge is 2.22. The number of rotatable bonds is 2. The largest absolute Gasteiger partial charge is 0.381 e. The molecule has 13 heavy (non-hydrogen) atoms. The molecule has 1 aromatic heterocycles. The normalized spacial score (nSPS) is 21.6. The first kappa shape index (κ1) is 9.19.